The highest BCUT2D eigenvalue weighted by Gasteiger charge is 2.15. The average Bonchev–Trinajstić information content (AvgIpc) is 2.54. The molecule has 0 aliphatic carbocycles. The van der Waals surface area contributed by atoms with E-state index in [-0.39, 0.29) is 11.9 Å². The van der Waals surface area contributed by atoms with Gasteiger partial charge in [-0.25, -0.2) is 0 Å². The third-order valence-electron chi connectivity index (χ3n) is 3.23. The zero-order chi connectivity index (χ0) is 15.2. The lowest BCUT2D eigenvalue weighted by atomic mass is 10.0. The van der Waals surface area contributed by atoms with E-state index in [1.54, 1.807) is 31.6 Å². The van der Waals surface area contributed by atoms with E-state index in [4.69, 9.17) is 4.74 Å². The van der Waals surface area contributed by atoms with Crippen molar-refractivity contribution in [3.63, 3.8) is 0 Å². The Hall–Kier alpha value is -1.88. The number of aromatic nitrogens is 1. The first-order valence-corrected chi connectivity index (χ1v) is 7.49. The van der Waals surface area contributed by atoms with Gasteiger partial charge in [-0.3, -0.25) is 9.78 Å². The molecule has 2 rings (SSSR count). The number of pyridine rings is 1. The van der Waals surface area contributed by atoms with Gasteiger partial charge in [-0.15, -0.1) is 0 Å². The zero-order valence-electron chi connectivity index (χ0n) is 12.0. The van der Waals surface area contributed by atoms with Gasteiger partial charge in [0.25, 0.3) is 5.91 Å². The van der Waals surface area contributed by atoms with E-state index in [2.05, 4.69) is 26.2 Å². The molecular weight excluding hydrogens is 332 g/mol. The van der Waals surface area contributed by atoms with Gasteiger partial charge in [0.15, 0.2) is 0 Å². The monoisotopic (exact) mass is 348 g/mol. The summed E-state index contributed by atoms with van der Waals surface area (Å²) >= 11 is 3.43. The summed E-state index contributed by atoms with van der Waals surface area (Å²) < 4.78 is 6.19. The van der Waals surface area contributed by atoms with Gasteiger partial charge in [0.1, 0.15) is 5.75 Å². The molecule has 0 spiro atoms. The van der Waals surface area contributed by atoms with Gasteiger partial charge < -0.3 is 10.1 Å². The van der Waals surface area contributed by atoms with Crippen LogP contribution in [0.2, 0.25) is 0 Å². The number of nitrogens with one attached hydrogen (secondary N) is 1. The minimum atomic E-state index is -0.105. The Morgan fingerprint density at radius 3 is 2.67 bits per heavy atom. The minimum Gasteiger partial charge on any atom is -0.496 e. The molecule has 1 aromatic heterocycles. The highest BCUT2D eigenvalue weighted by Crippen LogP contribution is 2.29. The van der Waals surface area contributed by atoms with E-state index < -0.39 is 0 Å². The Morgan fingerprint density at radius 1 is 1.33 bits per heavy atom. The Bertz CT molecular complexity index is 617. The summed E-state index contributed by atoms with van der Waals surface area (Å²) in [6.45, 7) is 2.03. The predicted molar refractivity (Wildman–Crippen MR) is 85.4 cm³/mol. The Morgan fingerprint density at radius 2 is 2.05 bits per heavy atom. The van der Waals surface area contributed by atoms with E-state index in [9.17, 15) is 4.79 Å². The number of methoxy groups -OCH3 is 1. The maximum absolute atomic E-state index is 12.2. The number of carbonyl (C=O) groups excluding carboxylic acids is 1. The molecule has 1 amide bonds. The number of halogens is 1. The molecule has 0 radical (unpaired) electrons. The summed E-state index contributed by atoms with van der Waals surface area (Å²) in [6, 6.07) is 9.18. The fraction of sp³-hybridized carbons (Fsp3) is 0.250. The number of hydrogen-bond donors (Lipinski definition) is 1. The second-order valence-electron chi connectivity index (χ2n) is 4.56. The van der Waals surface area contributed by atoms with Crippen LogP contribution in [0, 0.1) is 0 Å². The molecule has 0 aliphatic rings. The molecule has 2 aromatic rings. The number of carbonyl (C=O) groups is 1. The second-order valence-corrected chi connectivity index (χ2v) is 5.42. The molecule has 0 bridgehead atoms. The fourth-order valence-corrected chi connectivity index (χ4v) is 2.47. The normalized spacial score (nSPS) is 11.8. The molecule has 5 heteroatoms. The smallest absolute Gasteiger partial charge is 0.251 e. The van der Waals surface area contributed by atoms with E-state index in [0.29, 0.717) is 5.56 Å². The van der Waals surface area contributed by atoms with Crippen LogP contribution in [0.4, 0.5) is 0 Å². The highest BCUT2D eigenvalue weighted by atomic mass is 79.9. The first-order chi connectivity index (χ1) is 10.2. The SMILES string of the molecule is CC[C@H](NC(=O)c1ccncc1)c1ccc(Br)c(OC)c1. The van der Waals surface area contributed by atoms with E-state index >= 15 is 0 Å². The zero-order valence-corrected chi connectivity index (χ0v) is 13.6. The summed E-state index contributed by atoms with van der Waals surface area (Å²) in [5.74, 6) is 0.648. The molecule has 21 heavy (non-hydrogen) atoms. The lowest BCUT2D eigenvalue weighted by Crippen LogP contribution is -2.28. The van der Waals surface area contributed by atoms with E-state index in [0.717, 1.165) is 22.2 Å². The summed E-state index contributed by atoms with van der Waals surface area (Å²) in [6.07, 6.45) is 4.01. The van der Waals surface area contributed by atoms with Gasteiger partial charge in [0.05, 0.1) is 17.6 Å². The maximum Gasteiger partial charge on any atom is 0.251 e. The summed E-state index contributed by atoms with van der Waals surface area (Å²) in [4.78, 5) is 16.1. The van der Waals surface area contributed by atoms with Crippen LogP contribution in [-0.2, 0) is 0 Å². The number of rotatable bonds is 5. The average molecular weight is 349 g/mol. The molecule has 0 saturated carbocycles. The topological polar surface area (TPSA) is 51.2 Å². The largest absolute Gasteiger partial charge is 0.496 e. The molecule has 0 unspecified atom stereocenters. The van der Waals surface area contributed by atoms with Crippen LogP contribution in [0.5, 0.6) is 5.75 Å². The second kappa shape index (κ2) is 7.22. The minimum absolute atomic E-state index is 0.0623. The molecule has 0 fully saturated rings. The van der Waals surface area contributed by atoms with Gasteiger partial charge >= 0.3 is 0 Å². The number of ether oxygens (including phenoxy) is 1. The number of benzene rings is 1. The van der Waals surface area contributed by atoms with Crippen molar-refractivity contribution >= 4 is 21.8 Å². The molecule has 0 aliphatic heterocycles. The van der Waals surface area contributed by atoms with Gasteiger partial charge in [-0.05, 0) is 52.2 Å². The molecule has 1 heterocycles. The molecule has 0 saturated heterocycles. The van der Waals surface area contributed by atoms with Crippen LogP contribution < -0.4 is 10.1 Å². The lowest BCUT2D eigenvalue weighted by molar-refractivity contribution is 0.0935. The molecule has 4 nitrogen and oxygen atoms in total. The molecule has 1 atom stereocenters. The van der Waals surface area contributed by atoms with Crippen molar-refractivity contribution in [1.82, 2.24) is 10.3 Å². The first kappa shape index (κ1) is 15.5. The van der Waals surface area contributed by atoms with Crippen molar-refractivity contribution in [2.75, 3.05) is 7.11 Å². The van der Waals surface area contributed by atoms with Gasteiger partial charge in [0.2, 0.25) is 0 Å². The fourth-order valence-electron chi connectivity index (χ4n) is 2.06. The van der Waals surface area contributed by atoms with Gasteiger partial charge in [-0.2, -0.15) is 0 Å². The van der Waals surface area contributed by atoms with Crippen molar-refractivity contribution in [2.24, 2.45) is 0 Å². The van der Waals surface area contributed by atoms with Crippen molar-refractivity contribution < 1.29 is 9.53 Å². The Balaban J connectivity index is 2.18. The van der Waals surface area contributed by atoms with Crippen LogP contribution in [0.3, 0.4) is 0 Å². The van der Waals surface area contributed by atoms with Crippen molar-refractivity contribution in [2.45, 2.75) is 19.4 Å². The Kier molecular flexibility index (Phi) is 5.33. The third kappa shape index (κ3) is 3.82. The Labute approximate surface area is 132 Å². The van der Waals surface area contributed by atoms with Crippen molar-refractivity contribution in [3.8, 4) is 5.75 Å². The standard InChI is InChI=1S/C16H17BrN2O2/c1-3-14(12-4-5-13(17)15(10-12)21-2)19-16(20)11-6-8-18-9-7-11/h4-10,14H,3H2,1-2H3,(H,19,20)/t14-/m0/s1. The predicted octanol–water partition coefficient (Wildman–Crippen LogP) is 3.73. The molecule has 1 N–H and O–H groups in total. The third-order valence-corrected chi connectivity index (χ3v) is 3.89. The van der Waals surface area contributed by atoms with Crippen LogP contribution in [0.15, 0.2) is 47.2 Å². The van der Waals surface area contributed by atoms with Gasteiger partial charge in [0, 0.05) is 18.0 Å². The van der Waals surface area contributed by atoms with E-state index in [1.165, 1.54) is 0 Å². The lowest BCUT2D eigenvalue weighted by Gasteiger charge is -2.18. The van der Waals surface area contributed by atoms with Crippen molar-refractivity contribution in [1.29, 1.82) is 0 Å². The molecule has 1 aromatic carbocycles. The van der Waals surface area contributed by atoms with Crippen LogP contribution in [0.1, 0.15) is 35.3 Å². The first-order valence-electron chi connectivity index (χ1n) is 6.70. The maximum atomic E-state index is 12.2. The number of amides is 1. The molecular formula is C16H17BrN2O2. The van der Waals surface area contributed by atoms with Crippen LogP contribution in [-0.4, -0.2) is 18.0 Å². The molecule has 110 valence electrons. The summed E-state index contributed by atoms with van der Waals surface area (Å²) in [7, 11) is 1.63. The van der Waals surface area contributed by atoms with Crippen LogP contribution >= 0.6 is 15.9 Å². The van der Waals surface area contributed by atoms with Crippen LogP contribution in [0.25, 0.3) is 0 Å². The highest BCUT2D eigenvalue weighted by molar-refractivity contribution is 9.10. The number of hydrogen-bond acceptors (Lipinski definition) is 3. The van der Waals surface area contributed by atoms with E-state index in [1.807, 2.05) is 25.1 Å². The number of nitrogens with zero attached hydrogens (tertiary/aromatic N) is 1. The summed E-state index contributed by atoms with van der Waals surface area (Å²) in [5.41, 5.74) is 1.62. The van der Waals surface area contributed by atoms with Gasteiger partial charge in [-0.1, -0.05) is 13.0 Å². The quantitative estimate of drug-likeness (QED) is 0.895. The summed E-state index contributed by atoms with van der Waals surface area (Å²) in [5, 5.41) is 3.03. The van der Waals surface area contributed by atoms with Crippen molar-refractivity contribution in [3.05, 3.63) is 58.3 Å².